The molecule has 12 heteroatoms. The van der Waals surface area contributed by atoms with Crippen molar-refractivity contribution in [3.05, 3.63) is 46.3 Å². The number of carbonyl (C=O) groups excluding carboxylic acids is 3. The number of ether oxygens (including phenoxy) is 1. The Bertz CT molecular complexity index is 1350. The third-order valence-corrected chi connectivity index (χ3v) is 7.86. The number of anilines is 1. The van der Waals surface area contributed by atoms with Gasteiger partial charge >= 0.3 is 6.03 Å². The van der Waals surface area contributed by atoms with Gasteiger partial charge < -0.3 is 20.7 Å². The number of carbonyl (C=O) groups is 3. The van der Waals surface area contributed by atoms with E-state index in [2.05, 4.69) is 31.6 Å². The first-order valence-corrected chi connectivity index (χ1v) is 13.2. The third-order valence-electron chi connectivity index (χ3n) is 6.77. The van der Waals surface area contributed by atoms with Gasteiger partial charge in [0.1, 0.15) is 5.69 Å². The van der Waals surface area contributed by atoms with Gasteiger partial charge in [-0.1, -0.05) is 12.1 Å². The molecule has 0 spiro atoms. The monoisotopic (exact) mass is 521 g/mol. The van der Waals surface area contributed by atoms with Crippen molar-refractivity contribution in [2.75, 3.05) is 44.7 Å². The van der Waals surface area contributed by atoms with Crippen LogP contribution < -0.4 is 21.4 Å². The normalized spacial score (nSPS) is 19.2. The zero-order chi connectivity index (χ0) is 25.4. The fourth-order valence-corrected chi connectivity index (χ4v) is 5.86. The Balaban J connectivity index is 1.21. The van der Waals surface area contributed by atoms with Crippen LogP contribution in [0.25, 0.3) is 21.8 Å². The molecule has 1 aromatic carbocycles. The van der Waals surface area contributed by atoms with Crippen LogP contribution in [0, 0.1) is 0 Å². The molecule has 3 aliphatic rings. The molecule has 0 radical (unpaired) electrons. The molecule has 37 heavy (non-hydrogen) atoms. The summed E-state index contributed by atoms with van der Waals surface area (Å²) < 4.78 is 5.31. The molecule has 2 aliphatic heterocycles. The molecule has 4 heterocycles. The summed E-state index contributed by atoms with van der Waals surface area (Å²) in [5.41, 5.74) is 5.89. The van der Waals surface area contributed by atoms with Crippen molar-refractivity contribution in [3.63, 3.8) is 0 Å². The van der Waals surface area contributed by atoms with Gasteiger partial charge in [0, 0.05) is 31.2 Å². The lowest BCUT2D eigenvalue weighted by Gasteiger charge is -2.27. The van der Waals surface area contributed by atoms with E-state index in [1.165, 1.54) is 11.3 Å². The van der Waals surface area contributed by atoms with Crippen molar-refractivity contribution in [2.24, 2.45) is 0 Å². The molecule has 6 rings (SSSR count). The number of benzene rings is 1. The van der Waals surface area contributed by atoms with Gasteiger partial charge in [-0.25, -0.2) is 9.80 Å². The minimum absolute atomic E-state index is 0.115. The lowest BCUT2D eigenvalue weighted by molar-refractivity contribution is 0.0207. The molecule has 1 atom stereocenters. The fourth-order valence-electron chi connectivity index (χ4n) is 4.96. The summed E-state index contributed by atoms with van der Waals surface area (Å²) in [6.45, 7) is 4.03. The van der Waals surface area contributed by atoms with E-state index < -0.39 is 6.03 Å². The Morgan fingerprint density at radius 3 is 2.81 bits per heavy atom. The number of aromatic amines is 1. The van der Waals surface area contributed by atoms with E-state index in [0.29, 0.717) is 64.9 Å². The van der Waals surface area contributed by atoms with Gasteiger partial charge in [-0.3, -0.25) is 20.1 Å². The van der Waals surface area contributed by atoms with Gasteiger partial charge in [-0.2, -0.15) is 5.10 Å². The molecule has 0 saturated carbocycles. The number of nitrogens with one attached hydrogen (secondary N) is 5. The lowest BCUT2D eigenvalue weighted by atomic mass is 10.1. The number of urea groups is 1. The predicted molar refractivity (Wildman–Crippen MR) is 139 cm³/mol. The Morgan fingerprint density at radius 2 is 2.00 bits per heavy atom. The first-order chi connectivity index (χ1) is 18.1. The first-order valence-electron chi connectivity index (χ1n) is 12.4. The van der Waals surface area contributed by atoms with E-state index in [1.807, 2.05) is 12.1 Å². The minimum atomic E-state index is -0.418. The predicted octanol–water partition coefficient (Wildman–Crippen LogP) is 2.20. The van der Waals surface area contributed by atoms with Crippen LogP contribution >= 0.6 is 11.3 Å². The number of aromatic nitrogens is 2. The van der Waals surface area contributed by atoms with Crippen LogP contribution in [0.15, 0.2) is 30.3 Å². The summed E-state index contributed by atoms with van der Waals surface area (Å²) in [6, 6.07) is 8.62. The average molecular weight is 522 g/mol. The van der Waals surface area contributed by atoms with E-state index in [-0.39, 0.29) is 17.7 Å². The summed E-state index contributed by atoms with van der Waals surface area (Å²) in [5, 5.41) is 18.4. The van der Waals surface area contributed by atoms with Gasteiger partial charge in [0.05, 0.1) is 45.5 Å². The van der Waals surface area contributed by atoms with Crippen molar-refractivity contribution in [1.82, 2.24) is 31.3 Å². The quantitative estimate of drug-likeness (QED) is 0.271. The molecule has 3 aromatic rings. The van der Waals surface area contributed by atoms with Gasteiger partial charge in [0.15, 0.2) is 5.78 Å². The molecule has 2 fully saturated rings. The highest BCUT2D eigenvalue weighted by Gasteiger charge is 2.35. The van der Waals surface area contributed by atoms with E-state index in [1.54, 1.807) is 23.2 Å². The highest BCUT2D eigenvalue weighted by molar-refractivity contribution is 7.17. The largest absolute Gasteiger partial charge is 0.379 e. The van der Waals surface area contributed by atoms with Crippen LogP contribution in [0.2, 0.25) is 0 Å². The smallest absolute Gasteiger partial charge is 0.333 e. The number of ketones is 1. The number of morpholine rings is 1. The summed E-state index contributed by atoms with van der Waals surface area (Å²) in [7, 11) is 0. The molecule has 3 amide bonds. The number of thiophene rings is 1. The molecular formula is C25H27N7O4S. The summed E-state index contributed by atoms with van der Waals surface area (Å²) in [6.07, 6.45) is 1.99. The van der Waals surface area contributed by atoms with Crippen molar-refractivity contribution in [1.29, 1.82) is 0 Å². The lowest BCUT2D eigenvalue weighted by Crippen LogP contribution is -2.49. The van der Waals surface area contributed by atoms with Crippen LogP contribution in [0.3, 0.4) is 0 Å². The van der Waals surface area contributed by atoms with Crippen LogP contribution in [0.5, 0.6) is 0 Å². The molecule has 192 valence electrons. The van der Waals surface area contributed by atoms with Crippen molar-refractivity contribution >= 4 is 34.7 Å². The molecule has 1 aliphatic carbocycles. The van der Waals surface area contributed by atoms with E-state index >= 15 is 0 Å². The number of nitrogens with zero attached hydrogens (tertiary/aromatic N) is 2. The highest BCUT2D eigenvalue weighted by atomic mass is 32.1. The zero-order valence-electron chi connectivity index (χ0n) is 20.1. The average Bonchev–Trinajstić information content (AvgIpc) is 3.62. The maximum absolute atomic E-state index is 13.6. The second-order valence-corrected chi connectivity index (χ2v) is 10.3. The second kappa shape index (κ2) is 10.1. The third kappa shape index (κ3) is 4.64. The first kappa shape index (κ1) is 23.8. The fraction of sp³-hybridized carbons (Fsp3) is 0.360. The van der Waals surface area contributed by atoms with Crippen LogP contribution in [0.1, 0.15) is 38.4 Å². The van der Waals surface area contributed by atoms with E-state index in [9.17, 15) is 14.4 Å². The van der Waals surface area contributed by atoms with Crippen molar-refractivity contribution in [2.45, 2.75) is 18.9 Å². The Labute approximate surface area is 216 Å². The molecule has 11 nitrogen and oxygen atoms in total. The van der Waals surface area contributed by atoms with Gasteiger partial charge in [0.2, 0.25) is 0 Å². The highest BCUT2D eigenvalue weighted by Crippen LogP contribution is 2.44. The van der Waals surface area contributed by atoms with Crippen molar-refractivity contribution < 1.29 is 19.1 Å². The SMILES string of the molecule is O=C(Nc1cccc2c1C(=O)c1c(-c3ccc(C(=O)NC4CCCNC4)s3)n[nH]c1-2)NN1CCOCC1. The van der Waals surface area contributed by atoms with Crippen LogP contribution in [-0.4, -0.2) is 78.4 Å². The maximum Gasteiger partial charge on any atom is 0.333 e. The number of H-pyrrole nitrogens is 1. The molecule has 2 aromatic heterocycles. The number of hydrogen-bond donors (Lipinski definition) is 5. The summed E-state index contributed by atoms with van der Waals surface area (Å²) >= 11 is 1.31. The molecule has 0 bridgehead atoms. The summed E-state index contributed by atoms with van der Waals surface area (Å²) in [4.78, 5) is 40.3. The number of hydrogen-bond acceptors (Lipinski definition) is 8. The Hall–Kier alpha value is -3.58. The van der Waals surface area contributed by atoms with Crippen LogP contribution in [-0.2, 0) is 4.74 Å². The molecule has 1 unspecified atom stereocenters. The molecular weight excluding hydrogens is 494 g/mol. The minimum Gasteiger partial charge on any atom is -0.379 e. The number of piperidine rings is 1. The standard InChI is InChI=1S/C25H27N7O4S/c33-23-19-15(4-1-5-16(19)28-25(35)31-32-9-11-36-12-10-32)21-20(23)22(30-29-21)17-6-7-18(37-17)24(34)27-14-3-2-8-26-13-14/h1,4-7,14,26H,2-3,8-13H2,(H,27,34)(H,29,30)(H2,28,31,35). The Kier molecular flexibility index (Phi) is 6.47. The van der Waals surface area contributed by atoms with Gasteiger partial charge in [0.25, 0.3) is 5.91 Å². The number of amides is 3. The van der Waals surface area contributed by atoms with Gasteiger partial charge in [-0.05, 0) is 37.6 Å². The number of rotatable bonds is 5. The summed E-state index contributed by atoms with van der Waals surface area (Å²) in [5.74, 6) is -0.340. The topological polar surface area (TPSA) is 140 Å². The molecule has 2 saturated heterocycles. The van der Waals surface area contributed by atoms with Crippen LogP contribution in [0.4, 0.5) is 10.5 Å². The van der Waals surface area contributed by atoms with Crippen molar-refractivity contribution in [3.8, 4) is 21.8 Å². The Morgan fingerprint density at radius 1 is 1.14 bits per heavy atom. The number of fused-ring (bicyclic) bond motifs is 3. The maximum atomic E-state index is 13.6. The van der Waals surface area contributed by atoms with E-state index in [4.69, 9.17) is 4.74 Å². The molecule has 5 N–H and O–H groups in total. The zero-order valence-corrected chi connectivity index (χ0v) is 20.9. The van der Waals surface area contributed by atoms with Gasteiger partial charge in [-0.15, -0.1) is 11.3 Å². The van der Waals surface area contributed by atoms with E-state index in [0.717, 1.165) is 30.8 Å². The second-order valence-electron chi connectivity index (χ2n) is 9.23. The number of hydrazine groups is 1.